The lowest BCUT2D eigenvalue weighted by atomic mass is 10.1. The van der Waals surface area contributed by atoms with Crippen LogP contribution in [0.3, 0.4) is 0 Å². The fourth-order valence-electron chi connectivity index (χ4n) is 3.22. The van der Waals surface area contributed by atoms with Gasteiger partial charge in [-0.3, -0.25) is 0 Å². The maximum atomic E-state index is 12.6. The van der Waals surface area contributed by atoms with Crippen LogP contribution in [-0.2, 0) is 0 Å². The largest absolute Gasteiger partial charge is 0.339 e. The SMILES string of the molecule is CC1(C)CCN(C(=O)N[C@@H]2CCCN(c3ncccn3)C2)CCS1. The van der Waals surface area contributed by atoms with Gasteiger partial charge in [-0.25, -0.2) is 14.8 Å². The maximum Gasteiger partial charge on any atom is 0.317 e. The number of aromatic nitrogens is 2. The third-order valence-corrected chi connectivity index (χ3v) is 6.08. The Morgan fingerprint density at radius 3 is 2.88 bits per heavy atom. The van der Waals surface area contributed by atoms with Crippen LogP contribution in [0.5, 0.6) is 0 Å². The predicted octanol–water partition coefficient (Wildman–Crippen LogP) is 2.37. The highest BCUT2D eigenvalue weighted by Gasteiger charge is 2.28. The Bertz CT molecular complexity index is 553. The van der Waals surface area contributed by atoms with E-state index in [2.05, 4.69) is 34.0 Å². The number of nitrogens with zero attached hydrogens (tertiary/aromatic N) is 4. The van der Waals surface area contributed by atoms with Crippen LogP contribution in [0.15, 0.2) is 18.5 Å². The molecule has 2 aliphatic rings. The number of rotatable bonds is 2. The smallest absolute Gasteiger partial charge is 0.317 e. The molecule has 0 aliphatic carbocycles. The predicted molar refractivity (Wildman–Crippen MR) is 98.5 cm³/mol. The van der Waals surface area contributed by atoms with E-state index in [-0.39, 0.29) is 16.8 Å². The summed E-state index contributed by atoms with van der Waals surface area (Å²) in [6.07, 6.45) is 6.64. The van der Waals surface area contributed by atoms with E-state index in [1.165, 1.54) is 0 Å². The summed E-state index contributed by atoms with van der Waals surface area (Å²) in [4.78, 5) is 25.4. The van der Waals surface area contributed by atoms with Gasteiger partial charge in [0.2, 0.25) is 5.95 Å². The lowest BCUT2D eigenvalue weighted by Gasteiger charge is -2.34. The molecule has 1 aromatic heterocycles. The van der Waals surface area contributed by atoms with Gasteiger partial charge in [0.25, 0.3) is 0 Å². The first-order chi connectivity index (χ1) is 11.5. The van der Waals surface area contributed by atoms with Crippen molar-refractivity contribution in [1.29, 1.82) is 0 Å². The van der Waals surface area contributed by atoms with Gasteiger partial charge >= 0.3 is 6.03 Å². The van der Waals surface area contributed by atoms with E-state index in [4.69, 9.17) is 0 Å². The van der Waals surface area contributed by atoms with Crippen LogP contribution in [0.25, 0.3) is 0 Å². The van der Waals surface area contributed by atoms with Gasteiger partial charge in [0.05, 0.1) is 0 Å². The molecule has 0 saturated carbocycles. The first kappa shape index (κ1) is 17.3. The Labute approximate surface area is 148 Å². The zero-order chi connectivity index (χ0) is 17.0. The summed E-state index contributed by atoms with van der Waals surface area (Å²) in [5.41, 5.74) is 0. The van der Waals surface area contributed by atoms with Gasteiger partial charge in [0.15, 0.2) is 0 Å². The fourth-order valence-corrected chi connectivity index (χ4v) is 4.32. The second-order valence-electron chi connectivity index (χ2n) is 7.13. The molecule has 2 fully saturated rings. The highest BCUT2D eigenvalue weighted by Crippen LogP contribution is 2.30. The van der Waals surface area contributed by atoms with Crippen LogP contribution in [0.1, 0.15) is 33.1 Å². The lowest BCUT2D eigenvalue weighted by Crippen LogP contribution is -2.52. The number of nitrogens with one attached hydrogen (secondary N) is 1. The van der Waals surface area contributed by atoms with Crippen molar-refractivity contribution in [3.63, 3.8) is 0 Å². The minimum Gasteiger partial charge on any atom is -0.339 e. The Morgan fingerprint density at radius 2 is 2.08 bits per heavy atom. The molecule has 6 nitrogen and oxygen atoms in total. The minimum atomic E-state index is 0.0779. The number of carbonyl (C=O) groups is 1. The molecule has 7 heteroatoms. The topological polar surface area (TPSA) is 61.4 Å². The van der Waals surface area contributed by atoms with Crippen molar-refractivity contribution in [2.45, 2.75) is 43.9 Å². The summed E-state index contributed by atoms with van der Waals surface area (Å²) >= 11 is 1.96. The molecule has 2 saturated heterocycles. The summed E-state index contributed by atoms with van der Waals surface area (Å²) in [5.74, 6) is 1.76. The van der Waals surface area contributed by atoms with Gasteiger partial charge in [-0.2, -0.15) is 11.8 Å². The number of carbonyl (C=O) groups excluding carboxylic acids is 1. The molecule has 132 valence electrons. The summed E-state index contributed by atoms with van der Waals surface area (Å²) in [6.45, 7) is 7.92. The molecule has 2 aliphatic heterocycles. The van der Waals surface area contributed by atoms with Gasteiger partial charge in [-0.05, 0) is 25.3 Å². The number of amides is 2. The average molecular weight is 350 g/mol. The van der Waals surface area contributed by atoms with Crippen LogP contribution in [0.4, 0.5) is 10.7 Å². The van der Waals surface area contributed by atoms with Gasteiger partial charge in [0.1, 0.15) is 0 Å². The second-order valence-corrected chi connectivity index (χ2v) is 8.93. The van der Waals surface area contributed by atoms with Gasteiger partial charge < -0.3 is 15.1 Å². The standard InChI is InChI=1S/C17H27N5OS/c1-17(2)6-10-21(11-12-24-17)16(23)20-14-5-3-9-22(13-14)15-18-7-4-8-19-15/h4,7-8,14H,3,5-6,9-13H2,1-2H3,(H,20,23)/t14-/m1/s1. The molecule has 0 spiro atoms. The Kier molecular flexibility index (Phi) is 5.48. The quantitative estimate of drug-likeness (QED) is 0.888. The van der Waals surface area contributed by atoms with Crippen LogP contribution in [0.2, 0.25) is 0 Å². The van der Waals surface area contributed by atoms with E-state index in [0.717, 1.165) is 57.1 Å². The van der Waals surface area contributed by atoms with Crippen molar-refractivity contribution in [3.8, 4) is 0 Å². The maximum absolute atomic E-state index is 12.6. The first-order valence-corrected chi connectivity index (χ1v) is 9.73. The van der Waals surface area contributed by atoms with Gasteiger partial charge in [-0.15, -0.1) is 0 Å². The molecule has 1 aromatic rings. The van der Waals surface area contributed by atoms with Crippen molar-refractivity contribution in [2.75, 3.05) is 36.8 Å². The number of piperidine rings is 1. The molecule has 2 amide bonds. The Morgan fingerprint density at radius 1 is 1.29 bits per heavy atom. The molecule has 0 unspecified atom stereocenters. The number of hydrogen-bond donors (Lipinski definition) is 1. The highest BCUT2D eigenvalue weighted by atomic mass is 32.2. The number of hydrogen-bond acceptors (Lipinski definition) is 5. The van der Waals surface area contributed by atoms with E-state index in [1.54, 1.807) is 12.4 Å². The zero-order valence-electron chi connectivity index (χ0n) is 14.6. The molecular formula is C17H27N5OS. The summed E-state index contributed by atoms with van der Waals surface area (Å²) in [7, 11) is 0. The van der Waals surface area contributed by atoms with Crippen molar-refractivity contribution < 1.29 is 4.79 Å². The van der Waals surface area contributed by atoms with Gasteiger partial charge in [0, 0.05) is 55.1 Å². The highest BCUT2D eigenvalue weighted by molar-refractivity contribution is 8.00. The third kappa shape index (κ3) is 4.53. The summed E-state index contributed by atoms with van der Waals surface area (Å²) < 4.78 is 0.265. The fraction of sp³-hybridized carbons (Fsp3) is 0.706. The second kappa shape index (κ2) is 7.59. The minimum absolute atomic E-state index is 0.0779. The van der Waals surface area contributed by atoms with E-state index >= 15 is 0 Å². The van der Waals surface area contributed by atoms with Crippen molar-refractivity contribution >= 4 is 23.7 Å². The van der Waals surface area contributed by atoms with Crippen molar-refractivity contribution in [1.82, 2.24) is 20.2 Å². The number of urea groups is 1. The van der Waals surface area contributed by atoms with Gasteiger partial charge in [-0.1, -0.05) is 13.8 Å². The normalized spacial score (nSPS) is 24.3. The first-order valence-electron chi connectivity index (χ1n) is 8.75. The van der Waals surface area contributed by atoms with E-state index in [9.17, 15) is 4.79 Å². The van der Waals surface area contributed by atoms with Crippen LogP contribution in [-0.4, -0.2) is 63.6 Å². The monoisotopic (exact) mass is 349 g/mol. The van der Waals surface area contributed by atoms with E-state index < -0.39 is 0 Å². The number of thioether (sulfide) groups is 1. The van der Waals surface area contributed by atoms with E-state index in [1.807, 2.05) is 22.7 Å². The summed E-state index contributed by atoms with van der Waals surface area (Å²) in [5, 5.41) is 3.22. The lowest BCUT2D eigenvalue weighted by molar-refractivity contribution is 0.194. The Balaban J connectivity index is 1.54. The average Bonchev–Trinajstić information content (AvgIpc) is 2.77. The molecule has 3 heterocycles. The Hall–Kier alpha value is -1.50. The third-order valence-electron chi connectivity index (χ3n) is 4.71. The van der Waals surface area contributed by atoms with Crippen LogP contribution in [0, 0.1) is 0 Å². The molecule has 1 atom stereocenters. The van der Waals surface area contributed by atoms with Crippen LogP contribution >= 0.6 is 11.8 Å². The molecular weight excluding hydrogens is 322 g/mol. The summed E-state index contributed by atoms with van der Waals surface area (Å²) in [6, 6.07) is 2.07. The molecule has 0 bridgehead atoms. The molecule has 0 radical (unpaired) electrons. The number of anilines is 1. The van der Waals surface area contributed by atoms with Crippen LogP contribution < -0.4 is 10.2 Å². The molecule has 24 heavy (non-hydrogen) atoms. The molecule has 3 rings (SSSR count). The zero-order valence-corrected chi connectivity index (χ0v) is 15.4. The molecule has 1 N–H and O–H groups in total. The van der Waals surface area contributed by atoms with Crippen molar-refractivity contribution in [2.24, 2.45) is 0 Å². The van der Waals surface area contributed by atoms with Crippen molar-refractivity contribution in [3.05, 3.63) is 18.5 Å². The van der Waals surface area contributed by atoms with E-state index in [0.29, 0.717) is 0 Å². The molecule has 0 aromatic carbocycles.